The molecule has 3 heterocycles. The summed E-state index contributed by atoms with van der Waals surface area (Å²) >= 11 is 6.21. The fourth-order valence-electron chi connectivity index (χ4n) is 4.48. The van der Waals surface area contributed by atoms with E-state index < -0.39 is 4.92 Å². The SMILES string of the molecule is Cc1ccc(C(=O)N2CCN(c3nc4cc(Cl)ccc4c4nnc(C)n34)C[C@H]2C)cc1[N+](=O)[O-]. The summed E-state index contributed by atoms with van der Waals surface area (Å²) in [7, 11) is 0. The van der Waals surface area contributed by atoms with E-state index >= 15 is 0 Å². The molecular weight excluding hydrogens is 458 g/mol. The highest BCUT2D eigenvalue weighted by Gasteiger charge is 2.31. The quantitative estimate of drug-likeness (QED) is 0.324. The highest BCUT2D eigenvalue weighted by atomic mass is 35.5. The molecule has 0 bridgehead atoms. The molecule has 174 valence electrons. The van der Waals surface area contributed by atoms with Crippen molar-refractivity contribution in [2.75, 3.05) is 24.5 Å². The van der Waals surface area contributed by atoms with Crippen LogP contribution in [0.4, 0.5) is 11.6 Å². The van der Waals surface area contributed by atoms with Gasteiger partial charge in [0, 0.05) is 53.3 Å². The molecular formula is C23H22ClN7O3. The highest BCUT2D eigenvalue weighted by Crippen LogP contribution is 2.28. The monoisotopic (exact) mass is 479 g/mol. The molecule has 5 rings (SSSR count). The van der Waals surface area contributed by atoms with Gasteiger partial charge >= 0.3 is 0 Å². The number of aromatic nitrogens is 4. The Hall–Kier alpha value is -3.79. The summed E-state index contributed by atoms with van der Waals surface area (Å²) in [6.07, 6.45) is 0. The van der Waals surface area contributed by atoms with E-state index in [2.05, 4.69) is 15.1 Å². The first-order chi connectivity index (χ1) is 16.2. The number of piperazine rings is 1. The van der Waals surface area contributed by atoms with Gasteiger partial charge in [0.25, 0.3) is 11.6 Å². The van der Waals surface area contributed by atoms with Crippen molar-refractivity contribution in [3.05, 3.63) is 68.5 Å². The molecule has 4 aromatic rings. The van der Waals surface area contributed by atoms with E-state index in [1.54, 1.807) is 36.1 Å². The molecule has 34 heavy (non-hydrogen) atoms. The van der Waals surface area contributed by atoms with Crippen molar-refractivity contribution in [3.63, 3.8) is 0 Å². The molecule has 0 N–H and O–H groups in total. The van der Waals surface area contributed by atoms with Gasteiger partial charge in [-0.1, -0.05) is 17.7 Å². The molecule has 1 fully saturated rings. The van der Waals surface area contributed by atoms with E-state index in [1.165, 1.54) is 6.07 Å². The number of carbonyl (C=O) groups is 1. The molecule has 10 nitrogen and oxygen atoms in total. The second-order valence-electron chi connectivity index (χ2n) is 8.53. The van der Waals surface area contributed by atoms with Gasteiger partial charge in [-0.15, -0.1) is 10.2 Å². The standard InChI is InChI=1S/C23H22ClN7O3/c1-13-4-5-16(10-20(13)31(33)34)22(32)29-9-8-28(12-14(29)2)23-25-19-11-17(24)6-7-18(19)21-27-26-15(3)30(21)23/h4-7,10-11,14H,8-9,12H2,1-3H3/t14-/m1/s1. The number of anilines is 1. The van der Waals surface area contributed by atoms with Gasteiger partial charge in [0.2, 0.25) is 5.95 Å². The first-order valence-electron chi connectivity index (χ1n) is 10.9. The molecule has 1 amide bonds. The van der Waals surface area contributed by atoms with Gasteiger partial charge in [-0.25, -0.2) is 9.38 Å². The number of fused-ring (bicyclic) bond motifs is 3. The Kier molecular flexibility index (Phi) is 5.32. The fourth-order valence-corrected chi connectivity index (χ4v) is 4.64. The lowest BCUT2D eigenvalue weighted by molar-refractivity contribution is -0.385. The number of benzene rings is 2. The van der Waals surface area contributed by atoms with E-state index in [-0.39, 0.29) is 17.6 Å². The molecule has 0 saturated carbocycles. The lowest BCUT2D eigenvalue weighted by Crippen LogP contribution is -2.54. The smallest absolute Gasteiger partial charge is 0.273 e. The predicted octanol–water partition coefficient (Wildman–Crippen LogP) is 3.81. The molecule has 1 saturated heterocycles. The molecule has 0 aliphatic carbocycles. The van der Waals surface area contributed by atoms with Crippen molar-refractivity contribution < 1.29 is 9.72 Å². The first-order valence-corrected chi connectivity index (χ1v) is 11.2. The minimum Gasteiger partial charge on any atom is -0.338 e. The zero-order valence-corrected chi connectivity index (χ0v) is 19.7. The lowest BCUT2D eigenvalue weighted by atomic mass is 10.1. The van der Waals surface area contributed by atoms with Crippen LogP contribution in [0.2, 0.25) is 5.02 Å². The average Bonchev–Trinajstić information content (AvgIpc) is 3.19. The van der Waals surface area contributed by atoms with E-state index in [0.717, 1.165) is 10.9 Å². The van der Waals surface area contributed by atoms with Crippen LogP contribution in [0.1, 0.15) is 28.7 Å². The number of carbonyl (C=O) groups excluding carboxylic acids is 1. The lowest BCUT2D eigenvalue weighted by Gasteiger charge is -2.40. The number of nitro groups is 1. The van der Waals surface area contributed by atoms with E-state index in [9.17, 15) is 14.9 Å². The average molecular weight is 480 g/mol. The molecule has 2 aromatic carbocycles. The van der Waals surface area contributed by atoms with Crippen LogP contribution in [0.5, 0.6) is 0 Å². The Bertz CT molecular complexity index is 1470. The summed E-state index contributed by atoms with van der Waals surface area (Å²) in [6.45, 7) is 7.01. The number of halogens is 1. The minimum absolute atomic E-state index is 0.0540. The Morgan fingerprint density at radius 2 is 1.94 bits per heavy atom. The van der Waals surface area contributed by atoms with Crippen LogP contribution < -0.4 is 4.90 Å². The molecule has 0 unspecified atom stereocenters. The van der Waals surface area contributed by atoms with Crippen LogP contribution in [-0.2, 0) is 0 Å². The second kappa shape index (κ2) is 8.21. The van der Waals surface area contributed by atoms with Gasteiger partial charge in [0.05, 0.1) is 10.4 Å². The van der Waals surface area contributed by atoms with Gasteiger partial charge in [-0.2, -0.15) is 0 Å². The van der Waals surface area contributed by atoms with Gasteiger partial charge < -0.3 is 9.80 Å². The Labute approximate surface area is 199 Å². The van der Waals surface area contributed by atoms with Gasteiger partial charge in [0.1, 0.15) is 5.82 Å². The van der Waals surface area contributed by atoms with Crippen molar-refractivity contribution in [2.45, 2.75) is 26.8 Å². The van der Waals surface area contributed by atoms with Gasteiger partial charge in [0.15, 0.2) is 5.65 Å². The van der Waals surface area contributed by atoms with Crippen LogP contribution in [0.25, 0.3) is 16.6 Å². The third kappa shape index (κ3) is 3.60. The molecule has 0 spiro atoms. The van der Waals surface area contributed by atoms with E-state index in [0.29, 0.717) is 53.2 Å². The van der Waals surface area contributed by atoms with Crippen molar-refractivity contribution in [3.8, 4) is 0 Å². The Morgan fingerprint density at radius 1 is 1.15 bits per heavy atom. The number of nitrogens with zero attached hydrogens (tertiary/aromatic N) is 7. The van der Waals surface area contributed by atoms with Gasteiger partial charge in [-0.3, -0.25) is 14.9 Å². The Balaban J connectivity index is 1.46. The van der Waals surface area contributed by atoms with Crippen LogP contribution in [0.3, 0.4) is 0 Å². The predicted molar refractivity (Wildman–Crippen MR) is 129 cm³/mol. The zero-order chi connectivity index (χ0) is 24.1. The molecule has 0 radical (unpaired) electrons. The maximum atomic E-state index is 13.2. The maximum Gasteiger partial charge on any atom is 0.273 e. The molecule has 11 heteroatoms. The third-order valence-corrected chi connectivity index (χ3v) is 6.51. The summed E-state index contributed by atoms with van der Waals surface area (Å²) in [6, 6.07) is 9.96. The second-order valence-corrected chi connectivity index (χ2v) is 8.97. The first kappa shape index (κ1) is 22.0. The van der Waals surface area contributed by atoms with Crippen molar-refractivity contribution in [1.29, 1.82) is 0 Å². The molecule has 2 aromatic heterocycles. The topological polar surface area (TPSA) is 110 Å². The maximum absolute atomic E-state index is 13.2. The highest BCUT2D eigenvalue weighted by molar-refractivity contribution is 6.31. The van der Waals surface area contributed by atoms with E-state index in [4.69, 9.17) is 16.6 Å². The Morgan fingerprint density at radius 3 is 2.68 bits per heavy atom. The number of nitro benzene ring substituents is 1. The summed E-state index contributed by atoms with van der Waals surface area (Å²) in [4.78, 5) is 32.8. The summed E-state index contributed by atoms with van der Waals surface area (Å²) in [5.74, 6) is 1.18. The van der Waals surface area contributed by atoms with Crippen LogP contribution in [-0.4, -0.2) is 61.0 Å². The van der Waals surface area contributed by atoms with Crippen molar-refractivity contribution >= 4 is 45.7 Å². The van der Waals surface area contributed by atoms with E-state index in [1.807, 2.05) is 24.3 Å². The fraction of sp³-hybridized carbons (Fsp3) is 0.304. The van der Waals surface area contributed by atoms with Crippen LogP contribution in [0.15, 0.2) is 36.4 Å². The summed E-state index contributed by atoms with van der Waals surface area (Å²) < 4.78 is 1.92. The normalized spacial score (nSPS) is 16.4. The number of aryl methyl sites for hydroxylation is 2. The number of rotatable bonds is 3. The summed E-state index contributed by atoms with van der Waals surface area (Å²) in [5.41, 5.74) is 2.21. The molecule has 1 aliphatic rings. The number of hydrogen-bond acceptors (Lipinski definition) is 7. The van der Waals surface area contributed by atoms with Crippen molar-refractivity contribution in [1.82, 2.24) is 24.5 Å². The molecule has 1 aliphatic heterocycles. The number of amides is 1. The zero-order valence-electron chi connectivity index (χ0n) is 18.9. The van der Waals surface area contributed by atoms with Crippen molar-refractivity contribution in [2.24, 2.45) is 0 Å². The van der Waals surface area contributed by atoms with Gasteiger partial charge in [-0.05, 0) is 45.0 Å². The summed E-state index contributed by atoms with van der Waals surface area (Å²) in [5, 5.41) is 21.3. The van der Waals surface area contributed by atoms with Crippen LogP contribution in [0, 0.1) is 24.0 Å². The minimum atomic E-state index is -0.460. The number of hydrogen-bond donors (Lipinski definition) is 0. The molecule has 1 atom stereocenters. The largest absolute Gasteiger partial charge is 0.338 e. The third-order valence-electron chi connectivity index (χ3n) is 6.27. The van der Waals surface area contributed by atoms with Crippen LogP contribution >= 0.6 is 11.6 Å².